The summed E-state index contributed by atoms with van der Waals surface area (Å²) in [5.41, 5.74) is 2.89. The summed E-state index contributed by atoms with van der Waals surface area (Å²) in [4.78, 5) is 16.6. The van der Waals surface area contributed by atoms with E-state index < -0.39 is 17.7 Å². The molecule has 2 aliphatic rings. The maximum Gasteiger partial charge on any atom is 0.218 e. The molecule has 0 saturated carbocycles. The van der Waals surface area contributed by atoms with Gasteiger partial charge in [0, 0.05) is 49.1 Å². The lowest BCUT2D eigenvalue weighted by Gasteiger charge is -2.39. The lowest BCUT2D eigenvalue weighted by molar-refractivity contribution is -0.120. The summed E-state index contributed by atoms with van der Waals surface area (Å²) in [6, 6.07) is 9.15. The van der Waals surface area contributed by atoms with Gasteiger partial charge in [0.15, 0.2) is 0 Å². The number of aromatic nitrogens is 1. The topological polar surface area (TPSA) is 92.7 Å². The van der Waals surface area contributed by atoms with Crippen LogP contribution in [0.25, 0.3) is 0 Å². The molecule has 1 saturated heterocycles. The first-order valence-electron chi connectivity index (χ1n) is 12.7. The fourth-order valence-electron chi connectivity index (χ4n) is 5.12. The number of aliphatic hydroxyl groups is 1. The number of halogens is 1. The van der Waals surface area contributed by atoms with E-state index in [1.54, 1.807) is 0 Å². The van der Waals surface area contributed by atoms with Crippen LogP contribution in [0.3, 0.4) is 0 Å². The highest BCUT2D eigenvalue weighted by Gasteiger charge is 2.45. The zero-order valence-electron chi connectivity index (χ0n) is 21.6. The molecular weight excluding hydrogens is 478 g/mol. The molecule has 0 bridgehead atoms. The fraction of sp³-hybridized carbons (Fsp3) is 0.571. The number of fused-ring (bicyclic) bond motifs is 1. The van der Waals surface area contributed by atoms with Crippen molar-refractivity contribution in [1.82, 2.24) is 15.6 Å². The molecule has 1 aromatic carbocycles. The van der Waals surface area contributed by atoms with E-state index in [1.165, 1.54) is 6.92 Å². The molecule has 2 aromatic rings. The Morgan fingerprint density at radius 3 is 2.67 bits per heavy atom. The largest absolute Gasteiger partial charge is 0.468 e. The Hall–Kier alpha value is -2.19. The van der Waals surface area contributed by atoms with Crippen molar-refractivity contribution in [2.24, 2.45) is 5.41 Å². The Labute approximate surface area is 218 Å². The van der Waals surface area contributed by atoms with Crippen molar-refractivity contribution in [1.29, 1.82) is 0 Å². The van der Waals surface area contributed by atoms with Gasteiger partial charge in [0.25, 0.3) is 0 Å². The molecule has 3 N–H and O–H groups in total. The normalized spacial score (nSPS) is 23.1. The van der Waals surface area contributed by atoms with Gasteiger partial charge in [0.05, 0.1) is 25.4 Å². The summed E-state index contributed by atoms with van der Waals surface area (Å²) in [5.74, 6) is 0.457. The van der Waals surface area contributed by atoms with E-state index >= 15 is 0 Å². The number of carbonyl (C=O) groups is 1. The molecule has 0 unspecified atom stereocenters. The van der Waals surface area contributed by atoms with Gasteiger partial charge in [0.1, 0.15) is 5.60 Å². The van der Waals surface area contributed by atoms with Gasteiger partial charge in [-0.05, 0) is 47.6 Å². The Morgan fingerprint density at radius 2 is 2.03 bits per heavy atom. The van der Waals surface area contributed by atoms with Crippen LogP contribution in [0, 0.1) is 5.41 Å². The van der Waals surface area contributed by atoms with E-state index in [1.807, 2.05) is 30.5 Å². The zero-order valence-corrected chi connectivity index (χ0v) is 22.4. The molecular formula is C28H38ClN3O4. The molecule has 8 heteroatoms. The minimum atomic E-state index is -0.794. The number of hydrogen-bond donors (Lipinski definition) is 3. The number of ether oxygens (including phenoxy) is 2. The molecule has 36 heavy (non-hydrogen) atoms. The van der Waals surface area contributed by atoms with Crippen LogP contribution in [0.5, 0.6) is 5.88 Å². The van der Waals surface area contributed by atoms with E-state index in [4.69, 9.17) is 21.1 Å². The highest BCUT2D eigenvalue weighted by atomic mass is 35.5. The lowest BCUT2D eigenvalue weighted by atomic mass is 9.85. The lowest BCUT2D eigenvalue weighted by Crippen LogP contribution is -2.50. The van der Waals surface area contributed by atoms with Crippen LogP contribution in [0.15, 0.2) is 36.5 Å². The maximum atomic E-state index is 11.9. The Morgan fingerprint density at radius 1 is 1.28 bits per heavy atom. The number of benzene rings is 1. The first-order chi connectivity index (χ1) is 17.0. The summed E-state index contributed by atoms with van der Waals surface area (Å²) in [6.07, 6.45) is 4.06. The fourth-order valence-corrected chi connectivity index (χ4v) is 5.25. The van der Waals surface area contributed by atoms with Crippen LogP contribution in [0.1, 0.15) is 63.3 Å². The Kier molecular flexibility index (Phi) is 8.25. The van der Waals surface area contributed by atoms with Crippen molar-refractivity contribution in [3.05, 3.63) is 58.2 Å². The quantitative estimate of drug-likeness (QED) is 0.492. The Balaban J connectivity index is 1.51. The van der Waals surface area contributed by atoms with Gasteiger partial charge in [-0.3, -0.25) is 4.79 Å². The average molecular weight is 516 g/mol. The third kappa shape index (κ3) is 6.97. The first kappa shape index (κ1) is 26.9. The van der Waals surface area contributed by atoms with E-state index in [0.29, 0.717) is 37.1 Å². The van der Waals surface area contributed by atoms with Crippen LogP contribution in [0.2, 0.25) is 5.02 Å². The molecule has 2 aliphatic heterocycles. The van der Waals surface area contributed by atoms with Gasteiger partial charge in [-0.15, -0.1) is 0 Å². The average Bonchev–Trinajstić information content (AvgIpc) is 3.24. The van der Waals surface area contributed by atoms with Crippen molar-refractivity contribution < 1.29 is 19.4 Å². The van der Waals surface area contributed by atoms with E-state index in [2.05, 4.69) is 42.5 Å². The van der Waals surface area contributed by atoms with Crippen LogP contribution in [-0.4, -0.2) is 53.5 Å². The van der Waals surface area contributed by atoms with E-state index in [0.717, 1.165) is 36.0 Å². The molecule has 7 nitrogen and oxygen atoms in total. The van der Waals surface area contributed by atoms with Gasteiger partial charge in [-0.25, -0.2) is 4.98 Å². The SMILES string of the molecule is CC(=O)N[C@@H](Cc1ccc(Cl)cc1)[C@H](O)CN[C@@H]1C[C@]2(CCOC2)Oc2ncc(CC(C)(C)C)cc21. The second-order valence-electron chi connectivity index (χ2n) is 11.4. The second-order valence-corrected chi connectivity index (χ2v) is 11.9. The third-order valence-corrected chi connectivity index (χ3v) is 7.05. The number of nitrogens with one attached hydrogen (secondary N) is 2. The van der Waals surface area contributed by atoms with Crippen molar-refractivity contribution >= 4 is 17.5 Å². The van der Waals surface area contributed by atoms with Crippen molar-refractivity contribution in [3.8, 4) is 5.88 Å². The van der Waals surface area contributed by atoms with Crippen LogP contribution in [0.4, 0.5) is 0 Å². The van der Waals surface area contributed by atoms with Crippen LogP contribution in [-0.2, 0) is 22.4 Å². The number of nitrogens with zero attached hydrogens (tertiary/aromatic N) is 1. The predicted octanol–water partition coefficient (Wildman–Crippen LogP) is 4.00. The standard InChI is InChI=1S/C28H38ClN3O4/c1-18(33)32-23(12-19-5-7-21(29)8-6-19)25(34)16-30-24-14-28(9-10-35-17-28)36-26-22(24)11-20(15-31-26)13-27(2,3)4/h5-8,11,15,23-25,30,34H,9-10,12-14,16-17H2,1-4H3,(H,32,33)/t23-,24+,25+,28-/m0/s1. The summed E-state index contributed by atoms with van der Waals surface area (Å²) in [6.45, 7) is 9.61. The molecule has 4 atom stereocenters. The molecule has 4 rings (SSSR count). The van der Waals surface area contributed by atoms with Crippen molar-refractivity contribution in [2.75, 3.05) is 19.8 Å². The molecule has 1 amide bonds. The molecule has 0 aliphatic carbocycles. The molecule has 0 radical (unpaired) electrons. The van der Waals surface area contributed by atoms with Crippen molar-refractivity contribution in [2.45, 2.75) is 77.2 Å². The van der Waals surface area contributed by atoms with E-state index in [9.17, 15) is 9.90 Å². The van der Waals surface area contributed by atoms with Crippen molar-refractivity contribution in [3.63, 3.8) is 0 Å². The molecule has 3 heterocycles. The van der Waals surface area contributed by atoms with Gasteiger partial charge in [-0.1, -0.05) is 44.5 Å². The molecule has 1 fully saturated rings. The Bertz CT molecular complexity index is 1050. The summed E-state index contributed by atoms with van der Waals surface area (Å²) in [5, 5.41) is 18.3. The number of hydrogen-bond acceptors (Lipinski definition) is 6. The van der Waals surface area contributed by atoms with Gasteiger partial charge in [0.2, 0.25) is 11.8 Å². The minimum Gasteiger partial charge on any atom is -0.468 e. The van der Waals surface area contributed by atoms with E-state index in [-0.39, 0.29) is 17.4 Å². The maximum absolute atomic E-state index is 11.9. The van der Waals surface area contributed by atoms with Gasteiger partial charge in [-0.2, -0.15) is 0 Å². The van der Waals surface area contributed by atoms with Crippen LogP contribution >= 0.6 is 11.6 Å². The summed E-state index contributed by atoms with van der Waals surface area (Å²) >= 11 is 6.02. The number of aliphatic hydroxyl groups excluding tert-OH is 1. The molecule has 1 spiro atoms. The summed E-state index contributed by atoms with van der Waals surface area (Å²) < 4.78 is 12.1. The van der Waals surface area contributed by atoms with Gasteiger partial charge >= 0.3 is 0 Å². The highest BCUT2D eigenvalue weighted by molar-refractivity contribution is 6.30. The second kappa shape index (κ2) is 11.1. The number of carbonyl (C=O) groups excluding carboxylic acids is 1. The number of pyridine rings is 1. The molecule has 196 valence electrons. The highest BCUT2D eigenvalue weighted by Crippen LogP contribution is 2.42. The number of rotatable bonds is 8. The predicted molar refractivity (Wildman–Crippen MR) is 140 cm³/mol. The molecule has 1 aromatic heterocycles. The summed E-state index contributed by atoms with van der Waals surface area (Å²) in [7, 11) is 0. The van der Waals surface area contributed by atoms with Gasteiger partial charge < -0.3 is 25.2 Å². The smallest absolute Gasteiger partial charge is 0.218 e. The van der Waals surface area contributed by atoms with Crippen LogP contribution < -0.4 is 15.4 Å². The minimum absolute atomic E-state index is 0.0500. The number of amides is 1. The first-order valence-corrected chi connectivity index (χ1v) is 13.1. The third-order valence-electron chi connectivity index (χ3n) is 6.80. The monoisotopic (exact) mass is 515 g/mol. The zero-order chi connectivity index (χ0) is 25.9.